The zero-order chi connectivity index (χ0) is 21.1. The number of anilines is 1. The minimum Gasteiger partial charge on any atom is -0.493 e. The first-order valence-electron chi connectivity index (χ1n) is 8.53. The van der Waals surface area contributed by atoms with Gasteiger partial charge in [-0.2, -0.15) is 0 Å². The largest absolute Gasteiger partial charge is 0.493 e. The number of thiocarbonyl (C=S) groups is 1. The second-order valence-electron chi connectivity index (χ2n) is 5.87. The average molecular weight is 479 g/mol. The van der Waals surface area contributed by atoms with Gasteiger partial charge in [-0.15, -0.1) is 0 Å². The van der Waals surface area contributed by atoms with E-state index in [2.05, 4.69) is 21.2 Å². The van der Waals surface area contributed by atoms with Crippen LogP contribution in [0, 0.1) is 5.82 Å². The van der Waals surface area contributed by atoms with Crippen LogP contribution >= 0.6 is 28.1 Å². The lowest BCUT2D eigenvalue weighted by molar-refractivity contribution is -0.122. The van der Waals surface area contributed by atoms with Crippen molar-refractivity contribution in [3.8, 4) is 11.5 Å². The molecule has 150 valence electrons. The summed E-state index contributed by atoms with van der Waals surface area (Å²) in [5.41, 5.74) is 0.265. The van der Waals surface area contributed by atoms with Crippen molar-refractivity contribution in [1.82, 2.24) is 5.32 Å². The van der Waals surface area contributed by atoms with Gasteiger partial charge < -0.3 is 9.47 Å². The molecule has 1 fully saturated rings. The van der Waals surface area contributed by atoms with Crippen LogP contribution in [-0.2, 0) is 9.59 Å². The maximum atomic E-state index is 14.2. The predicted octanol–water partition coefficient (Wildman–Crippen LogP) is 3.83. The number of para-hydroxylation sites is 1. The summed E-state index contributed by atoms with van der Waals surface area (Å²) in [6.07, 6.45) is 1.39. The summed E-state index contributed by atoms with van der Waals surface area (Å²) in [5.74, 6) is -1.09. The SMILES string of the molecule is CCOc1cc(/C=C2\C(=O)NC(=S)N(c3ccccc3F)C2=O)c(Br)cc1OC. The fourth-order valence-electron chi connectivity index (χ4n) is 2.75. The molecule has 2 aromatic carbocycles. The molecule has 1 aliphatic rings. The predicted molar refractivity (Wildman–Crippen MR) is 114 cm³/mol. The van der Waals surface area contributed by atoms with Crippen LogP contribution in [0.15, 0.2) is 46.4 Å². The van der Waals surface area contributed by atoms with Crippen LogP contribution in [0.1, 0.15) is 12.5 Å². The van der Waals surface area contributed by atoms with Gasteiger partial charge in [0.25, 0.3) is 11.8 Å². The summed E-state index contributed by atoms with van der Waals surface area (Å²) in [6.45, 7) is 2.23. The Labute approximate surface area is 180 Å². The van der Waals surface area contributed by atoms with Gasteiger partial charge in [-0.1, -0.05) is 28.1 Å². The fraction of sp³-hybridized carbons (Fsp3) is 0.150. The summed E-state index contributed by atoms with van der Waals surface area (Å²) in [6, 6.07) is 8.99. The number of carbonyl (C=O) groups excluding carboxylic acids is 2. The number of halogens is 2. The van der Waals surface area contributed by atoms with E-state index in [0.29, 0.717) is 28.1 Å². The number of carbonyl (C=O) groups is 2. The molecular formula is C20H16BrFN2O4S. The van der Waals surface area contributed by atoms with Crippen molar-refractivity contribution in [3.63, 3.8) is 0 Å². The number of benzene rings is 2. The summed E-state index contributed by atoms with van der Waals surface area (Å²) >= 11 is 8.49. The standard InChI is InChI=1S/C20H16BrFN2O4S/c1-3-28-17-9-11(13(21)10-16(17)27-2)8-12-18(25)23-20(29)24(19(12)26)15-7-5-4-6-14(15)22/h4-10H,3H2,1-2H3,(H,23,25,29)/b12-8+. The number of nitrogens with zero attached hydrogens (tertiary/aromatic N) is 1. The molecule has 0 bridgehead atoms. The van der Waals surface area contributed by atoms with Crippen LogP contribution in [0.5, 0.6) is 11.5 Å². The molecule has 0 atom stereocenters. The van der Waals surface area contributed by atoms with E-state index in [9.17, 15) is 14.0 Å². The van der Waals surface area contributed by atoms with Crippen LogP contribution in [-0.4, -0.2) is 30.6 Å². The van der Waals surface area contributed by atoms with Crippen molar-refractivity contribution in [2.24, 2.45) is 0 Å². The molecular weight excluding hydrogens is 463 g/mol. The highest BCUT2D eigenvalue weighted by Gasteiger charge is 2.35. The first-order chi connectivity index (χ1) is 13.9. The van der Waals surface area contributed by atoms with Crippen LogP contribution in [0.4, 0.5) is 10.1 Å². The number of amides is 2. The number of rotatable bonds is 5. The molecule has 2 aromatic rings. The third-order valence-electron chi connectivity index (χ3n) is 4.08. The quantitative estimate of drug-likeness (QED) is 0.401. The topological polar surface area (TPSA) is 67.9 Å². The van der Waals surface area contributed by atoms with Gasteiger partial charge in [0.15, 0.2) is 16.6 Å². The molecule has 1 heterocycles. The third kappa shape index (κ3) is 4.15. The monoisotopic (exact) mass is 478 g/mol. The summed E-state index contributed by atoms with van der Waals surface area (Å²) in [5, 5.41) is 2.24. The Balaban J connectivity index is 2.08. The van der Waals surface area contributed by atoms with Gasteiger partial charge in [-0.25, -0.2) is 9.29 Å². The van der Waals surface area contributed by atoms with Crippen molar-refractivity contribution in [3.05, 3.63) is 57.8 Å². The van der Waals surface area contributed by atoms with E-state index < -0.39 is 17.6 Å². The van der Waals surface area contributed by atoms with Gasteiger partial charge in [-0.3, -0.25) is 14.9 Å². The zero-order valence-corrected chi connectivity index (χ0v) is 17.9. The lowest BCUT2D eigenvalue weighted by Crippen LogP contribution is -2.54. The fourth-order valence-corrected chi connectivity index (χ4v) is 3.46. The second kappa shape index (κ2) is 8.71. The molecule has 1 N–H and O–H groups in total. The van der Waals surface area contributed by atoms with Gasteiger partial charge in [0, 0.05) is 4.47 Å². The van der Waals surface area contributed by atoms with E-state index >= 15 is 0 Å². The van der Waals surface area contributed by atoms with Crippen LogP contribution in [0.3, 0.4) is 0 Å². The highest BCUT2D eigenvalue weighted by molar-refractivity contribution is 9.10. The summed E-state index contributed by atoms with van der Waals surface area (Å²) in [4.78, 5) is 26.4. The van der Waals surface area contributed by atoms with Crippen LogP contribution in [0.2, 0.25) is 0 Å². The number of hydrogen-bond donors (Lipinski definition) is 1. The van der Waals surface area contributed by atoms with Crippen molar-refractivity contribution in [2.75, 3.05) is 18.6 Å². The molecule has 0 aromatic heterocycles. The molecule has 1 saturated heterocycles. The summed E-state index contributed by atoms with van der Waals surface area (Å²) in [7, 11) is 1.51. The molecule has 0 unspecified atom stereocenters. The second-order valence-corrected chi connectivity index (χ2v) is 7.11. The molecule has 9 heteroatoms. The maximum absolute atomic E-state index is 14.2. The van der Waals surface area contributed by atoms with E-state index in [1.807, 2.05) is 6.92 Å². The lowest BCUT2D eigenvalue weighted by Gasteiger charge is -2.29. The molecule has 6 nitrogen and oxygen atoms in total. The van der Waals surface area contributed by atoms with Crippen LogP contribution in [0.25, 0.3) is 6.08 Å². The summed E-state index contributed by atoms with van der Waals surface area (Å²) < 4.78 is 25.6. The molecule has 29 heavy (non-hydrogen) atoms. The molecule has 3 rings (SSSR count). The molecule has 0 aliphatic carbocycles. The van der Waals surface area contributed by atoms with Crippen molar-refractivity contribution >= 4 is 56.8 Å². The van der Waals surface area contributed by atoms with Crippen LogP contribution < -0.4 is 19.7 Å². The van der Waals surface area contributed by atoms with Crippen molar-refractivity contribution < 1.29 is 23.5 Å². The number of hydrogen-bond acceptors (Lipinski definition) is 5. The smallest absolute Gasteiger partial charge is 0.270 e. The third-order valence-corrected chi connectivity index (χ3v) is 5.05. The van der Waals surface area contributed by atoms with E-state index in [-0.39, 0.29) is 16.4 Å². The van der Waals surface area contributed by atoms with Gasteiger partial charge in [-0.05, 0) is 55.0 Å². The van der Waals surface area contributed by atoms with Gasteiger partial charge >= 0.3 is 0 Å². The van der Waals surface area contributed by atoms with Crippen molar-refractivity contribution in [1.29, 1.82) is 0 Å². The Morgan fingerprint density at radius 3 is 2.62 bits per heavy atom. The maximum Gasteiger partial charge on any atom is 0.270 e. The molecule has 1 aliphatic heterocycles. The average Bonchev–Trinajstić information content (AvgIpc) is 2.68. The minimum absolute atomic E-state index is 0.0443. The van der Waals surface area contributed by atoms with E-state index in [1.165, 1.54) is 31.4 Å². The lowest BCUT2D eigenvalue weighted by atomic mass is 10.1. The minimum atomic E-state index is -0.732. The number of methoxy groups -OCH3 is 1. The first-order valence-corrected chi connectivity index (χ1v) is 9.73. The number of nitrogens with one attached hydrogen (secondary N) is 1. The molecule has 2 amide bonds. The highest BCUT2D eigenvalue weighted by Crippen LogP contribution is 2.35. The van der Waals surface area contributed by atoms with Gasteiger partial charge in [0.1, 0.15) is 11.4 Å². The van der Waals surface area contributed by atoms with Gasteiger partial charge in [0.05, 0.1) is 19.4 Å². The van der Waals surface area contributed by atoms with E-state index in [4.69, 9.17) is 21.7 Å². The molecule has 0 radical (unpaired) electrons. The Morgan fingerprint density at radius 2 is 1.97 bits per heavy atom. The number of ether oxygens (including phenoxy) is 2. The highest BCUT2D eigenvalue weighted by atomic mass is 79.9. The Morgan fingerprint density at radius 1 is 1.24 bits per heavy atom. The Kier molecular flexibility index (Phi) is 6.29. The van der Waals surface area contributed by atoms with E-state index in [0.717, 1.165) is 4.90 Å². The van der Waals surface area contributed by atoms with Crippen molar-refractivity contribution in [2.45, 2.75) is 6.92 Å². The Hall–Kier alpha value is -2.78. The Bertz CT molecular complexity index is 1040. The molecule has 0 saturated carbocycles. The van der Waals surface area contributed by atoms with E-state index in [1.54, 1.807) is 18.2 Å². The zero-order valence-electron chi connectivity index (χ0n) is 15.5. The van der Waals surface area contributed by atoms with Gasteiger partial charge in [0.2, 0.25) is 0 Å². The molecule has 0 spiro atoms. The first kappa shape index (κ1) is 20.9. The normalized spacial score (nSPS) is 15.5.